The molecule has 100 valence electrons. The van der Waals surface area contributed by atoms with E-state index in [0.717, 1.165) is 6.07 Å². The summed E-state index contributed by atoms with van der Waals surface area (Å²) >= 11 is 0. The van der Waals surface area contributed by atoms with Crippen molar-refractivity contribution in [3.63, 3.8) is 0 Å². The number of phenols is 1. The molecule has 0 bridgehead atoms. The molecule has 0 spiro atoms. The molecule has 7 heteroatoms. The quantitative estimate of drug-likeness (QED) is 0.742. The maximum absolute atomic E-state index is 13.3. The minimum atomic E-state index is -0.754. The Bertz CT molecular complexity index is 773. The molecule has 0 aliphatic heterocycles. The van der Waals surface area contributed by atoms with E-state index in [9.17, 15) is 4.39 Å². The average molecular weight is 272 g/mol. The Morgan fingerprint density at radius 3 is 2.75 bits per heavy atom. The molecule has 6 nitrogen and oxygen atoms in total. The summed E-state index contributed by atoms with van der Waals surface area (Å²) in [6.07, 6.45) is 0. The molecule has 0 fully saturated rings. The van der Waals surface area contributed by atoms with Crippen LogP contribution in [0.15, 0.2) is 40.9 Å². The lowest BCUT2D eigenvalue weighted by molar-refractivity contribution is 0.429. The van der Waals surface area contributed by atoms with Crippen LogP contribution in [0.25, 0.3) is 23.0 Å². The molecule has 2 heterocycles. The summed E-state index contributed by atoms with van der Waals surface area (Å²) in [6.45, 7) is 0. The minimum Gasteiger partial charge on any atom is -0.505 e. The largest absolute Gasteiger partial charge is 0.505 e. The molecule has 1 aromatic carbocycles. The first-order valence-corrected chi connectivity index (χ1v) is 5.69. The van der Waals surface area contributed by atoms with Crippen molar-refractivity contribution in [3.8, 4) is 28.7 Å². The monoisotopic (exact) mass is 272 g/mol. The molecule has 0 saturated carbocycles. The molecule has 0 radical (unpaired) electrons. The number of aromatic nitrogens is 3. The molecule has 0 aliphatic carbocycles. The third-order valence-electron chi connectivity index (χ3n) is 2.62. The molecule has 3 rings (SSSR count). The van der Waals surface area contributed by atoms with E-state index in [1.807, 2.05) is 0 Å². The first-order valence-electron chi connectivity index (χ1n) is 5.69. The number of rotatable bonds is 2. The summed E-state index contributed by atoms with van der Waals surface area (Å²) in [5, 5.41) is 12.9. The predicted molar refractivity (Wildman–Crippen MR) is 69.0 cm³/mol. The Hall–Kier alpha value is -2.96. The van der Waals surface area contributed by atoms with Crippen molar-refractivity contribution in [3.05, 3.63) is 42.2 Å². The number of nitrogens with two attached hydrogens (primary N) is 1. The van der Waals surface area contributed by atoms with Crippen molar-refractivity contribution < 1.29 is 14.0 Å². The Morgan fingerprint density at radius 2 is 2.00 bits per heavy atom. The lowest BCUT2D eigenvalue weighted by Gasteiger charge is -1.97. The zero-order valence-corrected chi connectivity index (χ0v) is 10.1. The van der Waals surface area contributed by atoms with Gasteiger partial charge in [-0.1, -0.05) is 11.2 Å². The lowest BCUT2D eigenvalue weighted by atomic mass is 10.2. The van der Waals surface area contributed by atoms with Gasteiger partial charge in [0.05, 0.1) is 0 Å². The van der Waals surface area contributed by atoms with Crippen LogP contribution >= 0.6 is 0 Å². The zero-order valence-electron chi connectivity index (χ0n) is 10.1. The highest BCUT2D eigenvalue weighted by molar-refractivity contribution is 5.59. The second-order valence-corrected chi connectivity index (χ2v) is 4.04. The predicted octanol–water partition coefficient (Wildman–Crippen LogP) is 2.23. The van der Waals surface area contributed by atoms with Crippen LogP contribution in [0.5, 0.6) is 5.75 Å². The van der Waals surface area contributed by atoms with E-state index < -0.39 is 11.6 Å². The van der Waals surface area contributed by atoms with Gasteiger partial charge < -0.3 is 15.4 Å². The highest BCUT2D eigenvalue weighted by Crippen LogP contribution is 2.25. The number of benzene rings is 1. The van der Waals surface area contributed by atoms with E-state index in [0.29, 0.717) is 17.1 Å². The molecule has 0 amide bonds. The van der Waals surface area contributed by atoms with Crippen LogP contribution in [0.3, 0.4) is 0 Å². The van der Waals surface area contributed by atoms with Crippen molar-refractivity contribution in [2.75, 3.05) is 5.73 Å². The number of phenolic OH excluding ortho intramolecular Hbond substituents is 1. The van der Waals surface area contributed by atoms with E-state index >= 15 is 0 Å². The average Bonchev–Trinajstić information content (AvgIpc) is 2.92. The summed E-state index contributed by atoms with van der Waals surface area (Å²) in [5.41, 5.74) is 6.39. The Morgan fingerprint density at radius 1 is 1.15 bits per heavy atom. The van der Waals surface area contributed by atoms with Gasteiger partial charge in [-0.2, -0.15) is 4.98 Å². The second kappa shape index (κ2) is 4.61. The fourth-order valence-electron chi connectivity index (χ4n) is 1.66. The Balaban J connectivity index is 1.99. The van der Waals surface area contributed by atoms with Gasteiger partial charge in [-0.05, 0) is 30.3 Å². The third kappa shape index (κ3) is 2.16. The van der Waals surface area contributed by atoms with Gasteiger partial charge >= 0.3 is 0 Å². The number of hydrogen-bond acceptors (Lipinski definition) is 6. The Labute approximate surface area is 112 Å². The SMILES string of the molecule is Nc1cccc(-c2nc(-c3ccc(O)c(F)c3)no2)n1. The van der Waals surface area contributed by atoms with E-state index in [4.69, 9.17) is 15.4 Å². The van der Waals surface area contributed by atoms with E-state index in [1.165, 1.54) is 12.1 Å². The number of anilines is 1. The topological polar surface area (TPSA) is 98.1 Å². The molecular formula is C13H9FN4O2. The van der Waals surface area contributed by atoms with E-state index in [1.54, 1.807) is 18.2 Å². The van der Waals surface area contributed by atoms with Crippen LogP contribution in [0.1, 0.15) is 0 Å². The van der Waals surface area contributed by atoms with Crippen molar-refractivity contribution in [1.29, 1.82) is 0 Å². The summed E-state index contributed by atoms with van der Waals surface area (Å²) in [6, 6.07) is 8.85. The van der Waals surface area contributed by atoms with Gasteiger partial charge in [0.25, 0.3) is 5.89 Å². The fraction of sp³-hybridized carbons (Fsp3) is 0. The maximum Gasteiger partial charge on any atom is 0.276 e. The van der Waals surface area contributed by atoms with Gasteiger partial charge in [-0.3, -0.25) is 0 Å². The van der Waals surface area contributed by atoms with Gasteiger partial charge in [0, 0.05) is 5.56 Å². The summed E-state index contributed by atoms with van der Waals surface area (Å²) in [5.74, 6) is -0.479. The normalized spacial score (nSPS) is 10.7. The van der Waals surface area contributed by atoms with Crippen LogP contribution in [0, 0.1) is 5.82 Å². The smallest absolute Gasteiger partial charge is 0.276 e. The lowest BCUT2D eigenvalue weighted by Crippen LogP contribution is -1.91. The van der Waals surface area contributed by atoms with Gasteiger partial charge in [-0.25, -0.2) is 9.37 Å². The minimum absolute atomic E-state index is 0.181. The summed E-state index contributed by atoms with van der Waals surface area (Å²) in [7, 11) is 0. The third-order valence-corrected chi connectivity index (χ3v) is 2.62. The molecule has 0 atom stereocenters. The summed E-state index contributed by atoms with van der Waals surface area (Å²) < 4.78 is 18.3. The molecule has 3 N–H and O–H groups in total. The molecule has 0 saturated heterocycles. The maximum atomic E-state index is 13.3. The van der Waals surface area contributed by atoms with Crippen LogP contribution in [0.2, 0.25) is 0 Å². The van der Waals surface area contributed by atoms with Crippen molar-refractivity contribution in [2.24, 2.45) is 0 Å². The van der Waals surface area contributed by atoms with Crippen LogP contribution in [-0.2, 0) is 0 Å². The molecular weight excluding hydrogens is 263 g/mol. The molecule has 0 unspecified atom stereocenters. The standard InChI is InChI=1S/C13H9FN4O2/c14-8-6-7(4-5-10(8)19)12-17-13(20-18-12)9-2-1-3-11(15)16-9/h1-6,19H,(H2,15,16). The van der Waals surface area contributed by atoms with Crippen molar-refractivity contribution >= 4 is 5.82 Å². The van der Waals surface area contributed by atoms with Gasteiger partial charge in [0.1, 0.15) is 11.5 Å². The first kappa shape index (κ1) is 12.1. The number of pyridine rings is 1. The zero-order chi connectivity index (χ0) is 14.1. The van der Waals surface area contributed by atoms with Gasteiger partial charge in [0.15, 0.2) is 11.6 Å². The van der Waals surface area contributed by atoms with Gasteiger partial charge in [0.2, 0.25) is 5.82 Å². The number of nitrogen functional groups attached to an aromatic ring is 1. The second-order valence-electron chi connectivity index (χ2n) is 4.04. The van der Waals surface area contributed by atoms with Crippen LogP contribution in [-0.4, -0.2) is 20.2 Å². The number of aromatic hydroxyl groups is 1. The fourth-order valence-corrected chi connectivity index (χ4v) is 1.66. The van der Waals surface area contributed by atoms with Crippen molar-refractivity contribution in [1.82, 2.24) is 15.1 Å². The molecule has 0 aliphatic rings. The highest BCUT2D eigenvalue weighted by Gasteiger charge is 2.13. The van der Waals surface area contributed by atoms with Crippen molar-refractivity contribution in [2.45, 2.75) is 0 Å². The van der Waals surface area contributed by atoms with Crippen LogP contribution in [0.4, 0.5) is 10.2 Å². The number of halogens is 1. The first-order chi connectivity index (χ1) is 9.63. The van der Waals surface area contributed by atoms with E-state index in [-0.39, 0.29) is 11.7 Å². The molecule has 3 aromatic rings. The van der Waals surface area contributed by atoms with Crippen LogP contribution < -0.4 is 5.73 Å². The number of hydrogen-bond donors (Lipinski definition) is 2. The molecule has 2 aromatic heterocycles. The Kier molecular flexibility index (Phi) is 2.79. The highest BCUT2D eigenvalue weighted by atomic mass is 19.1. The molecule has 20 heavy (non-hydrogen) atoms. The van der Waals surface area contributed by atoms with Gasteiger partial charge in [-0.15, -0.1) is 0 Å². The van der Waals surface area contributed by atoms with E-state index in [2.05, 4.69) is 15.1 Å². The number of nitrogens with zero attached hydrogens (tertiary/aromatic N) is 3. The summed E-state index contributed by atoms with van der Waals surface area (Å²) in [4.78, 5) is 8.17.